The summed E-state index contributed by atoms with van der Waals surface area (Å²) >= 11 is 0. The van der Waals surface area contributed by atoms with Crippen LogP contribution in [0, 0.1) is 0 Å². The Morgan fingerprint density at radius 2 is 0.550 bits per heavy atom. The molecule has 1 rings (SSSR count). The van der Waals surface area contributed by atoms with Crippen LogP contribution in [0.5, 0.6) is 0 Å². The minimum atomic E-state index is 0.500. The van der Waals surface area contributed by atoms with Crippen molar-refractivity contribution in [3.05, 3.63) is 0 Å². The first kappa shape index (κ1) is 17.9. The Hall–Kier alpha value is -0.200. The molecule has 5 unspecified atom stereocenters. The summed E-state index contributed by atoms with van der Waals surface area (Å²) < 4.78 is 0. The van der Waals surface area contributed by atoms with Crippen LogP contribution in [0.4, 0.5) is 0 Å². The SMILES string of the molecule is CC1CNC(C)CNC(C)CNC(C)CNC(C)CN1. The molecule has 5 heteroatoms. The summed E-state index contributed by atoms with van der Waals surface area (Å²) in [6.45, 7) is 16.3. The van der Waals surface area contributed by atoms with Crippen molar-refractivity contribution in [2.24, 2.45) is 0 Å². The Labute approximate surface area is 125 Å². The van der Waals surface area contributed by atoms with E-state index in [1.165, 1.54) is 0 Å². The van der Waals surface area contributed by atoms with Crippen LogP contribution in [0.25, 0.3) is 0 Å². The van der Waals surface area contributed by atoms with Gasteiger partial charge in [0.15, 0.2) is 0 Å². The van der Waals surface area contributed by atoms with Gasteiger partial charge in [-0.05, 0) is 34.6 Å². The summed E-state index contributed by atoms with van der Waals surface area (Å²) in [5, 5.41) is 17.9. The lowest BCUT2D eigenvalue weighted by molar-refractivity contribution is 0.416. The minimum Gasteiger partial charge on any atom is -0.311 e. The molecule has 0 spiro atoms. The third-order valence-electron chi connectivity index (χ3n) is 3.86. The Balaban J connectivity index is 2.45. The summed E-state index contributed by atoms with van der Waals surface area (Å²) in [4.78, 5) is 0. The Morgan fingerprint density at radius 3 is 0.700 bits per heavy atom. The van der Waals surface area contributed by atoms with E-state index in [1.54, 1.807) is 0 Å². The fourth-order valence-corrected chi connectivity index (χ4v) is 2.25. The zero-order valence-electron chi connectivity index (χ0n) is 13.9. The molecule has 0 aromatic rings. The van der Waals surface area contributed by atoms with Crippen LogP contribution in [-0.2, 0) is 0 Å². The fraction of sp³-hybridized carbons (Fsp3) is 1.00. The largest absolute Gasteiger partial charge is 0.311 e. The molecule has 5 nitrogen and oxygen atoms in total. The van der Waals surface area contributed by atoms with Gasteiger partial charge in [-0.25, -0.2) is 0 Å². The molecule has 1 saturated heterocycles. The maximum Gasteiger partial charge on any atom is 0.0164 e. The number of hydrogen-bond acceptors (Lipinski definition) is 5. The summed E-state index contributed by atoms with van der Waals surface area (Å²) in [7, 11) is 0. The molecule has 0 amide bonds. The third kappa shape index (κ3) is 8.17. The van der Waals surface area contributed by atoms with Crippen molar-refractivity contribution < 1.29 is 0 Å². The molecule has 0 aliphatic carbocycles. The Bertz CT molecular complexity index is 170. The van der Waals surface area contributed by atoms with Crippen LogP contribution < -0.4 is 26.6 Å². The molecule has 1 aliphatic heterocycles. The van der Waals surface area contributed by atoms with Gasteiger partial charge < -0.3 is 26.6 Å². The molecule has 0 bridgehead atoms. The van der Waals surface area contributed by atoms with Crippen molar-refractivity contribution in [2.45, 2.75) is 64.8 Å². The lowest BCUT2D eigenvalue weighted by Gasteiger charge is -2.22. The van der Waals surface area contributed by atoms with E-state index in [2.05, 4.69) is 61.2 Å². The minimum absolute atomic E-state index is 0.500. The summed E-state index contributed by atoms with van der Waals surface area (Å²) in [6.07, 6.45) is 0. The molecule has 1 aliphatic rings. The molecule has 1 heterocycles. The fourth-order valence-electron chi connectivity index (χ4n) is 2.25. The number of rotatable bonds is 0. The predicted molar refractivity (Wildman–Crippen MR) is 87.3 cm³/mol. The van der Waals surface area contributed by atoms with Crippen molar-refractivity contribution in [3.8, 4) is 0 Å². The normalized spacial score (nSPS) is 39.8. The molecular weight excluding hydrogens is 250 g/mol. The second-order valence-corrected chi connectivity index (χ2v) is 6.55. The Kier molecular flexibility index (Phi) is 8.64. The third-order valence-corrected chi connectivity index (χ3v) is 3.86. The van der Waals surface area contributed by atoms with Gasteiger partial charge in [0.1, 0.15) is 0 Å². The lowest BCUT2D eigenvalue weighted by atomic mass is 10.2. The smallest absolute Gasteiger partial charge is 0.0164 e. The molecule has 0 aromatic heterocycles. The topological polar surface area (TPSA) is 60.1 Å². The van der Waals surface area contributed by atoms with Gasteiger partial charge in [-0.2, -0.15) is 0 Å². The molecule has 5 N–H and O–H groups in total. The van der Waals surface area contributed by atoms with Gasteiger partial charge in [0.05, 0.1) is 0 Å². The highest BCUT2D eigenvalue weighted by molar-refractivity contribution is 4.77. The second kappa shape index (κ2) is 9.68. The van der Waals surface area contributed by atoms with Crippen LogP contribution in [0.1, 0.15) is 34.6 Å². The lowest BCUT2D eigenvalue weighted by Crippen LogP contribution is -2.47. The van der Waals surface area contributed by atoms with E-state index in [0.717, 1.165) is 32.7 Å². The highest BCUT2D eigenvalue weighted by Gasteiger charge is 2.11. The molecule has 1 fully saturated rings. The molecule has 0 saturated carbocycles. The number of hydrogen-bond donors (Lipinski definition) is 5. The molecule has 20 heavy (non-hydrogen) atoms. The van der Waals surface area contributed by atoms with Gasteiger partial charge in [-0.3, -0.25) is 0 Å². The van der Waals surface area contributed by atoms with E-state index in [0.29, 0.717) is 30.2 Å². The maximum absolute atomic E-state index is 3.58. The van der Waals surface area contributed by atoms with E-state index in [4.69, 9.17) is 0 Å². The highest BCUT2D eigenvalue weighted by Crippen LogP contribution is 1.90. The first-order valence-electron chi connectivity index (χ1n) is 8.14. The van der Waals surface area contributed by atoms with Gasteiger partial charge in [0, 0.05) is 62.9 Å². The standard InChI is InChI=1S/C15H35N5/c1-11-6-17-13(3)8-19-15(5)10-20-14(4)9-18-12(2)7-16-11/h11-20H,6-10H2,1-5H3. The van der Waals surface area contributed by atoms with Crippen molar-refractivity contribution >= 4 is 0 Å². The van der Waals surface area contributed by atoms with Crippen LogP contribution >= 0.6 is 0 Å². The highest BCUT2D eigenvalue weighted by atomic mass is 15.1. The monoisotopic (exact) mass is 285 g/mol. The van der Waals surface area contributed by atoms with E-state index < -0.39 is 0 Å². The van der Waals surface area contributed by atoms with Crippen LogP contribution in [0.3, 0.4) is 0 Å². The van der Waals surface area contributed by atoms with Crippen molar-refractivity contribution in [1.82, 2.24) is 26.6 Å². The Morgan fingerprint density at radius 1 is 0.400 bits per heavy atom. The van der Waals surface area contributed by atoms with Crippen molar-refractivity contribution in [3.63, 3.8) is 0 Å². The van der Waals surface area contributed by atoms with E-state index in [9.17, 15) is 0 Å². The average Bonchev–Trinajstić information content (AvgIpc) is 2.43. The maximum atomic E-state index is 3.58. The zero-order valence-corrected chi connectivity index (χ0v) is 13.9. The molecule has 0 radical (unpaired) electrons. The van der Waals surface area contributed by atoms with Gasteiger partial charge in [-0.1, -0.05) is 0 Å². The second-order valence-electron chi connectivity index (χ2n) is 6.55. The molecule has 0 aromatic carbocycles. The predicted octanol–water partition coefficient (Wildman–Crippen LogP) is -0.109. The molecular formula is C15H35N5. The van der Waals surface area contributed by atoms with Crippen molar-refractivity contribution in [2.75, 3.05) is 32.7 Å². The van der Waals surface area contributed by atoms with Crippen LogP contribution in [0.15, 0.2) is 0 Å². The summed E-state index contributed by atoms with van der Waals surface area (Å²) in [5.74, 6) is 0. The van der Waals surface area contributed by atoms with Crippen LogP contribution in [-0.4, -0.2) is 62.9 Å². The summed E-state index contributed by atoms with van der Waals surface area (Å²) in [6, 6.07) is 2.50. The zero-order chi connectivity index (χ0) is 15.0. The van der Waals surface area contributed by atoms with Gasteiger partial charge in [0.2, 0.25) is 0 Å². The van der Waals surface area contributed by atoms with E-state index in [1.807, 2.05) is 0 Å². The number of nitrogens with one attached hydrogen (secondary N) is 5. The summed E-state index contributed by atoms with van der Waals surface area (Å²) in [5.41, 5.74) is 0. The average molecular weight is 285 g/mol. The first-order chi connectivity index (χ1) is 9.47. The molecule has 120 valence electrons. The van der Waals surface area contributed by atoms with Gasteiger partial charge in [0.25, 0.3) is 0 Å². The van der Waals surface area contributed by atoms with Gasteiger partial charge in [-0.15, -0.1) is 0 Å². The van der Waals surface area contributed by atoms with Gasteiger partial charge >= 0.3 is 0 Å². The first-order valence-corrected chi connectivity index (χ1v) is 8.14. The van der Waals surface area contributed by atoms with E-state index >= 15 is 0 Å². The molecule has 5 atom stereocenters. The van der Waals surface area contributed by atoms with Crippen molar-refractivity contribution in [1.29, 1.82) is 0 Å². The van der Waals surface area contributed by atoms with Crippen LogP contribution in [0.2, 0.25) is 0 Å². The van der Waals surface area contributed by atoms with E-state index in [-0.39, 0.29) is 0 Å². The quantitative estimate of drug-likeness (QED) is 0.430.